The molecule has 1 aromatic carbocycles. The van der Waals surface area contributed by atoms with E-state index in [4.69, 9.17) is 4.74 Å². The zero-order chi connectivity index (χ0) is 18.6. The van der Waals surface area contributed by atoms with Crippen molar-refractivity contribution in [1.82, 2.24) is 4.90 Å². The smallest absolute Gasteiger partial charge is 0.338 e. The Balaban J connectivity index is 2.52. The van der Waals surface area contributed by atoms with Gasteiger partial charge in [0, 0.05) is 11.9 Å². The van der Waals surface area contributed by atoms with Crippen molar-refractivity contribution in [1.29, 1.82) is 0 Å². The third-order valence-corrected chi connectivity index (χ3v) is 4.73. The fourth-order valence-electron chi connectivity index (χ4n) is 2.97. The number of esters is 1. The van der Waals surface area contributed by atoms with Crippen LogP contribution in [0.5, 0.6) is 0 Å². The number of carbonyl (C=O) groups is 1. The first kappa shape index (κ1) is 19.6. The first-order chi connectivity index (χ1) is 11.9. The lowest BCUT2D eigenvalue weighted by atomic mass is 9.93. The Labute approximate surface area is 154 Å². The molecule has 1 unspecified atom stereocenters. The molecule has 1 atom stereocenters. The van der Waals surface area contributed by atoms with E-state index < -0.39 is 23.6 Å². The number of hydrogen-bond acceptors (Lipinski definition) is 4. The number of benzene rings is 1. The molecule has 0 radical (unpaired) electrons. The van der Waals surface area contributed by atoms with Crippen LogP contribution in [0.2, 0.25) is 0 Å². The summed E-state index contributed by atoms with van der Waals surface area (Å²) in [5.41, 5.74) is 1.36. The molecule has 0 aliphatic carbocycles. The molecule has 25 heavy (non-hydrogen) atoms. The molecule has 0 saturated heterocycles. The lowest BCUT2D eigenvalue weighted by Gasteiger charge is -2.37. The molecule has 2 rings (SSSR count). The van der Waals surface area contributed by atoms with Crippen molar-refractivity contribution in [2.45, 2.75) is 32.7 Å². The number of ether oxygens (including phenoxy) is 1. The third-order valence-electron chi connectivity index (χ3n) is 4.17. The van der Waals surface area contributed by atoms with E-state index >= 15 is 0 Å². The highest BCUT2D eigenvalue weighted by Crippen LogP contribution is 2.36. The van der Waals surface area contributed by atoms with Gasteiger partial charge in [-0.25, -0.2) is 18.6 Å². The average molecular weight is 415 g/mol. The van der Waals surface area contributed by atoms with Gasteiger partial charge in [-0.15, -0.1) is 0 Å². The second kappa shape index (κ2) is 8.56. The molecule has 0 aromatic heterocycles. The van der Waals surface area contributed by atoms with Gasteiger partial charge in [-0.1, -0.05) is 22.0 Å². The van der Waals surface area contributed by atoms with Crippen LogP contribution in [0.1, 0.15) is 38.3 Å². The number of nitrogens with zero attached hydrogens (tertiary/aromatic N) is 2. The molecule has 0 bridgehead atoms. The van der Waals surface area contributed by atoms with Crippen molar-refractivity contribution < 1.29 is 18.3 Å². The summed E-state index contributed by atoms with van der Waals surface area (Å²) in [6.07, 6.45) is 1.82. The molecule has 0 N–H and O–H groups in total. The molecule has 1 heterocycles. The maximum Gasteiger partial charge on any atom is 0.338 e. The van der Waals surface area contributed by atoms with Gasteiger partial charge in [0.1, 0.15) is 5.84 Å². The van der Waals surface area contributed by atoms with E-state index in [1.54, 1.807) is 6.92 Å². The summed E-state index contributed by atoms with van der Waals surface area (Å²) in [4.78, 5) is 18.7. The monoisotopic (exact) mass is 414 g/mol. The van der Waals surface area contributed by atoms with Crippen LogP contribution < -0.4 is 0 Å². The van der Waals surface area contributed by atoms with Crippen LogP contribution in [0, 0.1) is 11.6 Å². The minimum Gasteiger partial charge on any atom is -0.466 e. The van der Waals surface area contributed by atoms with Crippen molar-refractivity contribution in [2.24, 2.45) is 4.99 Å². The van der Waals surface area contributed by atoms with Crippen molar-refractivity contribution in [2.75, 3.05) is 19.0 Å². The Hall–Kier alpha value is -1.76. The van der Waals surface area contributed by atoms with Gasteiger partial charge >= 0.3 is 5.97 Å². The molecule has 0 amide bonds. The normalized spacial score (nSPS) is 17.6. The molecular formula is C18H21BrF2N2O2. The van der Waals surface area contributed by atoms with Gasteiger partial charge in [0.15, 0.2) is 11.6 Å². The zero-order valence-electron chi connectivity index (χ0n) is 14.5. The first-order valence-electron chi connectivity index (χ1n) is 8.02. The van der Waals surface area contributed by atoms with E-state index in [0.717, 1.165) is 36.1 Å². The molecular weight excluding hydrogens is 394 g/mol. The largest absolute Gasteiger partial charge is 0.466 e. The second-order valence-electron chi connectivity index (χ2n) is 5.82. The Morgan fingerprint density at radius 2 is 2.00 bits per heavy atom. The molecule has 1 aliphatic rings. The molecule has 7 heteroatoms. The van der Waals surface area contributed by atoms with E-state index in [1.165, 1.54) is 13.2 Å². The van der Waals surface area contributed by atoms with Gasteiger partial charge in [0.25, 0.3) is 0 Å². The fourth-order valence-corrected chi connectivity index (χ4v) is 3.37. The molecule has 0 spiro atoms. The maximum absolute atomic E-state index is 13.8. The fraction of sp³-hybridized carbons (Fsp3) is 0.444. The van der Waals surface area contributed by atoms with E-state index in [9.17, 15) is 13.6 Å². The number of alkyl halides is 1. The van der Waals surface area contributed by atoms with Crippen LogP contribution in [0.4, 0.5) is 8.78 Å². The van der Waals surface area contributed by atoms with Gasteiger partial charge in [0.2, 0.25) is 0 Å². The summed E-state index contributed by atoms with van der Waals surface area (Å²) in [7, 11) is 1.30. The molecule has 0 fully saturated rings. The highest BCUT2D eigenvalue weighted by atomic mass is 79.9. The summed E-state index contributed by atoms with van der Waals surface area (Å²) in [5, 5.41) is 0.867. The minimum absolute atomic E-state index is 0.345. The maximum atomic E-state index is 13.8. The molecule has 1 aliphatic heterocycles. The Bertz CT molecular complexity index is 719. The predicted octanol–water partition coefficient (Wildman–Crippen LogP) is 4.36. The van der Waals surface area contributed by atoms with Crippen LogP contribution in [-0.2, 0) is 9.53 Å². The number of methoxy groups -OCH3 is 1. The SMILES string of the molecule is COC(=O)C1=C(C)N=C(C)N(CCCCBr)C1c1ccc(F)c(F)c1. The number of halogens is 3. The highest BCUT2D eigenvalue weighted by molar-refractivity contribution is 9.09. The lowest BCUT2D eigenvalue weighted by Crippen LogP contribution is -2.40. The zero-order valence-corrected chi connectivity index (χ0v) is 16.1. The number of carbonyl (C=O) groups excluding carboxylic acids is 1. The van der Waals surface area contributed by atoms with Gasteiger partial charge < -0.3 is 9.64 Å². The second-order valence-corrected chi connectivity index (χ2v) is 6.61. The quantitative estimate of drug-likeness (QED) is 0.394. The van der Waals surface area contributed by atoms with Gasteiger partial charge in [-0.2, -0.15) is 0 Å². The summed E-state index contributed by atoms with van der Waals surface area (Å²) < 4.78 is 32.1. The van der Waals surface area contributed by atoms with Gasteiger partial charge in [0.05, 0.1) is 24.4 Å². The summed E-state index contributed by atoms with van der Waals surface area (Å²) in [5.74, 6) is -1.65. The Morgan fingerprint density at radius 3 is 2.60 bits per heavy atom. The Morgan fingerprint density at radius 1 is 1.28 bits per heavy atom. The van der Waals surface area contributed by atoms with Crippen LogP contribution in [0.15, 0.2) is 34.5 Å². The van der Waals surface area contributed by atoms with Crippen molar-refractivity contribution in [3.05, 3.63) is 46.7 Å². The number of unbranched alkanes of at least 4 members (excludes halogenated alkanes) is 1. The number of allylic oxidation sites excluding steroid dienone is 1. The third kappa shape index (κ3) is 4.26. The summed E-state index contributed by atoms with van der Waals surface area (Å²) in [6, 6.07) is 3.14. The molecule has 0 saturated carbocycles. The lowest BCUT2D eigenvalue weighted by molar-refractivity contribution is -0.136. The van der Waals surface area contributed by atoms with Gasteiger partial charge in [-0.3, -0.25) is 0 Å². The number of aliphatic imine (C=N–C) groups is 1. The van der Waals surface area contributed by atoms with Crippen LogP contribution in [0.25, 0.3) is 0 Å². The predicted molar refractivity (Wildman–Crippen MR) is 96.7 cm³/mol. The van der Waals surface area contributed by atoms with Crippen LogP contribution in [-0.4, -0.2) is 35.7 Å². The van der Waals surface area contributed by atoms with Gasteiger partial charge in [-0.05, 0) is 44.4 Å². The number of rotatable bonds is 6. The average Bonchev–Trinajstić information content (AvgIpc) is 2.58. The van der Waals surface area contributed by atoms with Crippen molar-refractivity contribution in [3.63, 3.8) is 0 Å². The highest BCUT2D eigenvalue weighted by Gasteiger charge is 2.35. The van der Waals surface area contributed by atoms with Crippen LogP contribution >= 0.6 is 15.9 Å². The summed E-state index contributed by atoms with van der Waals surface area (Å²) >= 11 is 3.40. The standard InChI is InChI=1S/C18H21BrF2N2O2/c1-11-16(18(24)25-3)17(13-6-7-14(20)15(21)10-13)23(12(2)22-11)9-5-4-8-19/h6-7,10,17H,4-5,8-9H2,1-3H3. The molecule has 136 valence electrons. The van der Waals surface area contributed by atoms with E-state index in [1.807, 2.05) is 11.8 Å². The number of hydrogen-bond donors (Lipinski definition) is 0. The van der Waals surface area contributed by atoms with Crippen molar-refractivity contribution >= 4 is 27.7 Å². The van der Waals surface area contributed by atoms with Crippen LogP contribution in [0.3, 0.4) is 0 Å². The topological polar surface area (TPSA) is 41.9 Å². The first-order valence-corrected chi connectivity index (χ1v) is 9.14. The minimum atomic E-state index is -0.944. The van der Waals surface area contributed by atoms with Crippen molar-refractivity contribution in [3.8, 4) is 0 Å². The molecule has 4 nitrogen and oxygen atoms in total. The molecule has 1 aromatic rings. The van der Waals surface area contributed by atoms with E-state index in [-0.39, 0.29) is 0 Å². The summed E-state index contributed by atoms with van der Waals surface area (Å²) in [6.45, 7) is 4.20. The van der Waals surface area contributed by atoms with E-state index in [0.29, 0.717) is 23.4 Å². The Kier molecular flexibility index (Phi) is 6.70. The number of amidine groups is 1. The van der Waals surface area contributed by atoms with E-state index in [2.05, 4.69) is 20.9 Å².